The molecular formula is C14H25NO3. The molecule has 2 aliphatic heterocycles. The van der Waals surface area contributed by atoms with Crippen molar-refractivity contribution in [3.63, 3.8) is 0 Å². The average molecular weight is 255 g/mol. The first kappa shape index (κ1) is 13.8. The van der Waals surface area contributed by atoms with Crippen molar-refractivity contribution in [1.29, 1.82) is 0 Å². The van der Waals surface area contributed by atoms with Crippen LogP contribution < -0.4 is 0 Å². The van der Waals surface area contributed by atoms with Crippen molar-refractivity contribution in [3.8, 4) is 0 Å². The van der Waals surface area contributed by atoms with Crippen LogP contribution in [0.1, 0.15) is 52.9 Å². The van der Waals surface area contributed by atoms with Crippen LogP contribution in [0.2, 0.25) is 0 Å². The molecule has 0 aromatic carbocycles. The lowest BCUT2D eigenvalue weighted by Crippen LogP contribution is -2.61. The van der Waals surface area contributed by atoms with Gasteiger partial charge in [-0.15, -0.1) is 0 Å². The third-order valence-electron chi connectivity index (χ3n) is 4.52. The fraction of sp³-hybridized carbons (Fsp3) is 0.929. The summed E-state index contributed by atoms with van der Waals surface area (Å²) in [7, 11) is 0. The number of carboxylic acids is 1. The highest BCUT2D eigenvalue weighted by molar-refractivity contribution is 5.78. The molecule has 2 fully saturated rings. The Hall–Kier alpha value is -0.610. The zero-order valence-electron chi connectivity index (χ0n) is 11.7. The predicted octanol–water partition coefficient (Wildman–Crippen LogP) is 2.27. The molecule has 2 aliphatic rings. The molecule has 104 valence electrons. The van der Waals surface area contributed by atoms with Gasteiger partial charge in [-0.05, 0) is 59.4 Å². The van der Waals surface area contributed by atoms with Gasteiger partial charge in [0, 0.05) is 12.6 Å². The molecule has 2 saturated heterocycles. The highest BCUT2D eigenvalue weighted by Crippen LogP contribution is 2.36. The number of aliphatic carboxylic acids is 1. The second kappa shape index (κ2) is 4.82. The molecule has 0 aliphatic carbocycles. The minimum Gasteiger partial charge on any atom is -0.480 e. The van der Waals surface area contributed by atoms with Gasteiger partial charge in [0.1, 0.15) is 5.54 Å². The van der Waals surface area contributed by atoms with E-state index in [1.165, 1.54) is 0 Å². The van der Waals surface area contributed by atoms with Crippen molar-refractivity contribution in [3.05, 3.63) is 0 Å². The van der Waals surface area contributed by atoms with Gasteiger partial charge in [-0.1, -0.05) is 0 Å². The van der Waals surface area contributed by atoms with E-state index in [4.69, 9.17) is 4.74 Å². The van der Waals surface area contributed by atoms with E-state index < -0.39 is 11.5 Å². The maximum Gasteiger partial charge on any atom is 0.323 e. The summed E-state index contributed by atoms with van der Waals surface area (Å²) in [6.45, 7) is 7.73. The molecule has 0 aromatic heterocycles. The monoisotopic (exact) mass is 255 g/mol. The third-order valence-corrected chi connectivity index (χ3v) is 4.52. The van der Waals surface area contributed by atoms with Gasteiger partial charge in [0.05, 0.1) is 5.60 Å². The summed E-state index contributed by atoms with van der Waals surface area (Å²) in [5.41, 5.74) is -0.809. The second-order valence-electron chi connectivity index (χ2n) is 6.48. The molecule has 4 heteroatoms. The van der Waals surface area contributed by atoms with Crippen LogP contribution in [0.4, 0.5) is 0 Å². The normalized spacial score (nSPS) is 37.4. The number of rotatable bonds is 2. The molecule has 1 N–H and O–H groups in total. The summed E-state index contributed by atoms with van der Waals surface area (Å²) in [6.07, 6.45) is 4.77. The second-order valence-corrected chi connectivity index (χ2v) is 6.48. The molecule has 0 amide bonds. The van der Waals surface area contributed by atoms with Gasteiger partial charge < -0.3 is 9.84 Å². The maximum atomic E-state index is 11.6. The molecule has 0 radical (unpaired) electrons. The highest BCUT2D eigenvalue weighted by Gasteiger charge is 2.46. The number of ether oxygens (including phenoxy) is 1. The van der Waals surface area contributed by atoms with Crippen molar-refractivity contribution in [2.45, 2.75) is 70.1 Å². The number of carboxylic acid groups (broad SMARTS) is 1. The van der Waals surface area contributed by atoms with Gasteiger partial charge in [-0.25, -0.2) is 0 Å². The molecule has 2 heterocycles. The van der Waals surface area contributed by atoms with Crippen molar-refractivity contribution in [1.82, 2.24) is 4.90 Å². The highest BCUT2D eigenvalue weighted by atomic mass is 16.5. The van der Waals surface area contributed by atoms with Crippen molar-refractivity contribution >= 4 is 5.97 Å². The van der Waals surface area contributed by atoms with E-state index in [1.807, 2.05) is 6.92 Å². The lowest BCUT2D eigenvalue weighted by atomic mass is 9.83. The fourth-order valence-corrected chi connectivity index (χ4v) is 3.42. The van der Waals surface area contributed by atoms with Crippen molar-refractivity contribution in [2.75, 3.05) is 13.2 Å². The number of likely N-dealkylation sites (tertiary alicyclic amines) is 1. The zero-order valence-corrected chi connectivity index (χ0v) is 11.7. The minimum atomic E-state index is -0.684. The Morgan fingerprint density at radius 2 is 2.06 bits per heavy atom. The van der Waals surface area contributed by atoms with Gasteiger partial charge in [0.2, 0.25) is 0 Å². The SMILES string of the molecule is CC1(C)CC(N2CCCCC2(C)C(=O)O)CCO1. The first-order chi connectivity index (χ1) is 8.35. The lowest BCUT2D eigenvalue weighted by molar-refractivity contribution is -0.161. The summed E-state index contributed by atoms with van der Waals surface area (Å²) >= 11 is 0. The number of hydrogen-bond acceptors (Lipinski definition) is 3. The smallest absolute Gasteiger partial charge is 0.323 e. The van der Waals surface area contributed by atoms with E-state index in [9.17, 15) is 9.90 Å². The first-order valence-electron chi connectivity index (χ1n) is 6.99. The van der Waals surface area contributed by atoms with Gasteiger partial charge in [0.25, 0.3) is 0 Å². The Morgan fingerprint density at radius 3 is 2.67 bits per heavy atom. The van der Waals surface area contributed by atoms with Crippen LogP contribution in [0.15, 0.2) is 0 Å². The summed E-state index contributed by atoms with van der Waals surface area (Å²) < 4.78 is 5.74. The van der Waals surface area contributed by atoms with Gasteiger partial charge >= 0.3 is 5.97 Å². The Bertz CT molecular complexity index is 329. The van der Waals surface area contributed by atoms with Crippen LogP contribution in [0, 0.1) is 0 Å². The van der Waals surface area contributed by atoms with Crippen LogP contribution in [0.5, 0.6) is 0 Å². The topological polar surface area (TPSA) is 49.8 Å². The quantitative estimate of drug-likeness (QED) is 0.822. The van der Waals surface area contributed by atoms with E-state index in [0.29, 0.717) is 6.04 Å². The Balaban J connectivity index is 2.16. The Kier molecular flexibility index (Phi) is 3.70. The van der Waals surface area contributed by atoms with Crippen LogP contribution in [-0.4, -0.2) is 46.3 Å². The van der Waals surface area contributed by atoms with E-state index in [0.717, 1.165) is 45.3 Å². The van der Waals surface area contributed by atoms with E-state index in [2.05, 4.69) is 18.7 Å². The standard InChI is InChI=1S/C14H25NO3/c1-13(2)10-11(6-9-18-13)15-8-5-4-7-14(15,3)12(16)17/h11H,4-10H2,1-3H3,(H,16,17). The van der Waals surface area contributed by atoms with Crippen LogP contribution in [0.3, 0.4) is 0 Å². The number of hydrogen-bond donors (Lipinski definition) is 1. The number of carbonyl (C=O) groups is 1. The molecule has 18 heavy (non-hydrogen) atoms. The number of nitrogens with zero attached hydrogens (tertiary/aromatic N) is 1. The summed E-state index contributed by atoms with van der Waals surface area (Å²) in [6, 6.07) is 0.343. The maximum absolute atomic E-state index is 11.6. The molecule has 2 unspecified atom stereocenters. The van der Waals surface area contributed by atoms with Gasteiger partial charge in [0.15, 0.2) is 0 Å². The van der Waals surface area contributed by atoms with Crippen LogP contribution >= 0.6 is 0 Å². The van der Waals surface area contributed by atoms with Crippen molar-refractivity contribution in [2.24, 2.45) is 0 Å². The van der Waals surface area contributed by atoms with E-state index >= 15 is 0 Å². The first-order valence-corrected chi connectivity index (χ1v) is 6.99. The van der Waals surface area contributed by atoms with Crippen LogP contribution in [0.25, 0.3) is 0 Å². The molecule has 0 saturated carbocycles. The van der Waals surface area contributed by atoms with Crippen LogP contribution in [-0.2, 0) is 9.53 Å². The molecule has 2 rings (SSSR count). The molecule has 0 spiro atoms. The molecule has 2 atom stereocenters. The summed E-state index contributed by atoms with van der Waals surface area (Å²) in [4.78, 5) is 13.8. The third kappa shape index (κ3) is 2.54. The Labute approximate surface area is 109 Å². The molecular weight excluding hydrogens is 230 g/mol. The largest absolute Gasteiger partial charge is 0.480 e. The fourth-order valence-electron chi connectivity index (χ4n) is 3.42. The summed E-state index contributed by atoms with van der Waals surface area (Å²) in [5, 5.41) is 9.56. The average Bonchev–Trinajstić information content (AvgIpc) is 2.28. The predicted molar refractivity (Wildman–Crippen MR) is 69.7 cm³/mol. The van der Waals surface area contributed by atoms with E-state index in [-0.39, 0.29) is 5.60 Å². The van der Waals surface area contributed by atoms with Gasteiger partial charge in [-0.2, -0.15) is 0 Å². The molecule has 4 nitrogen and oxygen atoms in total. The zero-order chi connectivity index (χ0) is 13.4. The molecule has 0 bridgehead atoms. The summed E-state index contributed by atoms with van der Waals surface area (Å²) in [5.74, 6) is -0.675. The van der Waals surface area contributed by atoms with Crippen molar-refractivity contribution < 1.29 is 14.6 Å². The van der Waals surface area contributed by atoms with E-state index in [1.54, 1.807) is 0 Å². The van der Waals surface area contributed by atoms with Gasteiger partial charge in [-0.3, -0.25) is 9.69 Å². The lowest BCUT2D eigenvalue weighted by Gasteiger charge is -2.49. The Morgan fingerprint density at radius 1 is 1.33 bits per heavy atom. The minimum absolute atomic E-state index is 0.125. The number of piperidine rings is 1. The molecule has 0 aromatic rings.